The zero-order valence-corrected chi connectivity index (χ0v) is 11.1. The zero-order chi connectivity index (χ0) is 13.0. The van der Waals surface area contributed by atoms with Crippen LogP contribution < -0.4 is 9.47 Å². The predicted molar refractivity (Wildman–Crippen MR) is 70.4 cm³/mol. The van der Waals surface area contributed by atoms with E-state index >= 15 is 0 Å². The third-order valence-corrected chi connectivity index (χ3v) is 3.09. The Morgan fingerprint density at radius 2 is 2.17 bits per heavy atom. The van der Waals surface area contributed by atoms with Gasteiger partial charge in [0.05, 0.1) is 19.6 Å². The van der Waals surface area contributed by atoms with Gasteiger partial charge in [0.1, 0.15) is 17.3 Å². The Balaban J connectivity index is 2.24. The summed E-state index contributed by atoms with van der Waals surface area (Å²) in [5.74, 6) is 2.36. The van der Waals surface area contributed by atoms with Gasteiger partial charge in [-0.05, 0) is 18.2 Å². The molecular weight excluding hydrogens is 252 g/mol. The van der Waals surface area contributed by atoms with Gasteiger partial charge in [-0.1, -0.05) is 0 Å². The Kier molecular flexibility index (Phi) is 4.10. The second kappa shape index (κ2) is 5.78. The number of H-pyrrole nitrogens is 1. The van der Waals surface area contributed by atoms with Crippen molar-refractivity contribution in [3.05, 3.63) is 42.0 Å². The number of alkyl halides is 1. The fourth-order valence-electron chi connectivity index (χ4n) is 1.77. The van der Waals surface area contributed by atoms with Gasteiger partial charge in [-0.15, -0.1) is 11.6 Å². The van der Waals surface area contributed by atoms with E-state index in [1.807, 2.05) is 18.2 Å². The summed E-state index contributed by atoms with van der Waals surface area (Å²) in [5.41, 5.74) is 0.898. The van der Waals surface area contributed by atoms with Crippen molar-refractivity contribution in [2.24, 2.45) is 0 Å². The maximum atomic E-state index is 6.41. The molecule has 0 saturated heterocycles. The summed E-state index contributed by atoms with van der Waals surface area (Å²) in [5, 5.41) is -0.221. The molecule has 0 aliphatic rings. The average molecular weight is 267 g/mol. The molecule has 1 aromatic heterocycles. The highest BCUT2D eigenvalue weighted by molar-refractivity contribution is 6.21. The van der Waals surface area contributed by atoms with Gasteiger partial charge in [0.25, 0.3) is 0 Å². The normalized spacial score (nSPS) is 12.2. The maximum Gasteiger partial charge on any atom is 0.123 e. The Morgan fingerprint density at radius 3 is 2.78 bits per heavy atom. The van der Waals surface area contributed by atoms with Crippen molar-refractivity contribution >= 4 is 11.6 Å². The molecule has 0 aliphatic heterocycles. The SMILES string of the molecule is COc1ccc(OC)c(C(Cl)Cc2ncc[nH]2)c1. The molecule has 2 rings (SSSR count). The number of hydrogen-bond donors (Lipinski definition) is 1. The predicted octanol–water partition coefficient (Wildman–Crippen LogP) is 2.95. The van der Waals surface area contributed by atoms with Crippen LogP contribution in [0.15, 0.2) is 30.6 Å². The first-order valence-electron chi connectivity index (χ1n) is 5.59. The summed E-state index contributed by atoms with van der Waals surface area (Å²) in [6, 6.07) is 5.59. The van der Waals surface area contributed by atoms with Crippen molar-refractivity contribution in [3.8, 4) is 11.5 Å². The molecule has 0 spiro atoms. The second-order valence-electron chi connectivity index (χ2n) is 3.82. The van der Waals surface area contributed by atoms with Crippen LogP contribution in [0, 0.1) is 0 Å². The van der Waals surface area contributed by atoms with Crippen LogP contribution in [0.2, 0.25) is 0 Å². The van der Waals surface area contributed by atoms with E-state index in [-0.39, 0.29) is 5.38 Å². The van der Waals surface area contributed by atoms with Crippen molar-refractivity contribution in [2.75, 3.05) is 14.2 Å². The number of methoxy groups -OCH3 is 2. The summed E-state index contributed by atoms with van der Waals surface area (Å²) in [4.78, 5) is 7.20. The smallest absolute Gasteiger partial charge is 0.123 e. The summed E-state index contributed by atoms with van der Waals surface area (Å²) in [6.07, 6.45) is 4.10. The van der Waals surface area contributed by atoms with Crippen LogP contribution in [0.5, 0.6) is 11.5 Å². The first kappa shape index (κ1) is 12.8. The molecule has 0 saturated carbocycles. The summed E-state index contributed by atoms with van der Waals surface area (Å²) in [7, 11) is 3.25. The molecule has 5 heteroatoms. The number of ether oxygens (including phenoxy) is 2. The lowest BCUT2D eigenvalue weighted by atomic mass is 10.1. The molecule has 18 heavy (non-hydrogen) atoms. The lowest BCUT2D eigenvalue weighted by Crippen LogP contribution is -2.01. The largest absolute Gasteiger partial charge is 0.497 e. The molecule has 1 unspecified atom stereocenters. The van der Waals surface area contributed by atoms with Gasteiger partial charge >= 0.3 is 0 Å². The number of hydrogen-bond acceptors (Lipinski definition) is 3. The molecule has 1 atom stereocenters. The molecule has 0 radical (unpaired) electrons. The minimum Gasteiger partial charge on any atom is -0.497 e. The lowest BCUT2D eigenvalue weighted by molar-refractivity contribution is 0.398. The summed E-state index contributed by atoms with van der Waals surface area (Å²) >= 11 is 6.41. The molecule has 2 aromatic rings. The molecule has 0 aliphatic carbocycles. The summed E-state index contributed by atoms with van der Waals surface area (Å²) in [6.45, 7) is 0. The molecule has 0 bridgehead atoms. The maximum absolute atomic E-state index is 6.41. The molecule has 0 amide bonds. The monoisotopic (exact) mass is 266 g/mol. The molecular formula is C13H15ClN2O2. The topological polar surface area (TPSA) is 47.1 Å². The number of nitrogens with zero attached hydrogens (tertiary/aromatic N) is 1. The number of aromatic amines is 1. The van der Waals surface area contributed by atoms with Crippen molar-refractivity contribution in [1.29, 1.82) is 0 Å². The van der Waals surface area contributed by atoms with Crippen molar-refractivity contribution in [1.82, 2.24) is 9.97 Å². The highest BCUT2D eigenvalue weighted by Crippen LogP contribution is 2.34. The average Bonchev–Trinajstić information content (AvgIpc) is 2.90. The standard InChI is InChI=1S/C13H15ClN2O2/c1-17-9-3-4-12(18-2)10(7-9)11(14)8-13-15-5-6-16-13/h3-7,11H,8H2,1-2H3,(H,15,16). The Labute approximate surface area is 111 Å². The van der Waals surface area contributed by atoms with Crippen LogP contribution in [0.3, 0.4) is 0 Å². The van der Waals surface area contributed by atoms with Crippen molar-refractivity contribution < 1.29 is 9.47 Å². The van der Waals surface area contributed by atoms with Crippen LogP contribution in [0.1, 0.15) is 16.8 Å². The molecule has 1 aromatic carbocycles. The van der Waals surface area contributed by atoms with E-state index in [9.17, 15) is 0 Å². The van der Waals surface area contributed by atoms with E-state index in [1.54, 1.807) is 26.6 Å². The number of benzene rings is 1. The van der Waals surface area contributed by atoms with E-state index in [2.05, 4.69) is 9.97 Å². The van der Waals surface area contributed by atoms with Gasteiger partial charge in [-0.2, -0.15) is 0 Å². The minimum atomic E-state index is -0.221. The molecule has 1 heterocycles. The first-order chi connectivity index (χ1) is 8.74. The number of halogens is 1. The molecule has 1 N–H and O–H groups in total. The van der Waals surface area contributed by atoms with Gasteiger partial charge in [-0.3, -0.25) is 0 Å². The minimum absolute atomic E-state index is 0.221. The van der Waals surface area contributed by atoms with E-state index in [0.29, 0.717) is 6.42 Å². The Hall–Kier alpha value is -1.68. The number of rotatable bonds is 5. The number of aromatic nitrogens is 2. The van der Waals surface area contributed by atoms with Gasteiger partial charge in [0.15, 0.2) is 0 Å². The van der Waals surface area contributed by atoms with E-state index in [1.165, 1.54) is 0 Å². The van der Waals surface area contributed by atoms with E-state index < -0.39 is 0 Å². The molecule has 4 nitrogen and oxygen atoms in total. The van der Waals surface area contributed by atoms with E-state index in [0.717, 1.165) is 22.9 Å². The first-order valence-corrected chi connectivity index (χ1v) is 6.02. The third kappa shape index (κ3) is 2.76. The van der Waals surface area contributed by atoms with Gasteiger partial charge in [0.2, 0.25) is 0 Å². The highest BCUT2D eigenvalue weighted by Gasteiger charge is 2.16. The second-order valence-corrected chi connectivity index (χ2v) is 4.34. The van der Waals surface area contributed by atoms with E-state index in [4.69, 9.17) is 21.1 Å². The number of nitrogens with one attached hydrogen (secondary N) is 1. The van der Waals surface area contributed by atoms with Crippen LogP contribution in [0.4, 0.5) is 0 Å². The van der Waals surface area contributed by atoms with Crippen LogP contribution in [-0.2, 0) is 6.42 Å². The fraction of sp³-hybridized carbons (Fsp3) is 0.308. The van der Waals surface area contributed by atoms with Crippen LogP contribution >= 0.6 is 11.6 Å². The molecule has 0 fully saturated rings. The van der Waals surface area contributed by atoms with Gasteiger partial charge < -0.3 is 14.5 Å². The van der Waals surface area contributed by atoms with Gasteiger partial charge in [0, 0.05) is 24.4 Å². The quantitative estimate of drug-likeness (QED) is 0.847. The lowest BCUT2D eigenvalue weighted by Gasteiger charge is -2.14. The zero-order valence-electron chi connectivity index (χ0n) is 10.3. The third-order valence-electron chi connectivity index (χ3n) is 2.70. The molecule has 96 valence electrons. The van der Waals surface area contributed by atoms with Crippen molar-refractivity contribution in [3.63, 3.8) is 0 Å². The number of imidazole rings is 1. The fourth-order valence-corrected chi connectivity index (χ4v) is 2.09. The van der Waals surface area contributed by atoms with Crippen LogP contribution in [0.25, 0.3) is 0 Å². The van der Waals surface area contributed by atoms with Crippen molar-refractivity contribution in [2.45, 2.75) is 11.8 Å². The van der Waals surface area contributed by atoms with Gasteiger partial charge in [-0.25, -0.2) is 4.98 Å². The van der Waals surface area contributed by atoms with Crippen LogP contribution in [-0.4, -0.2) is 24.2 Å². The Morgan fingerprint density at radius 1 is 1.33 bits per heavy atom. The highest BCUT2D eigenvalue weighted by atomic mass is 35.5. The Bertz CT molecular complexity index is 500. The summed E-state index contributed by atoms with van der Waals surface area (Å²) < 4.78 is 10.5.